The topological polar surface area (TPSA) is 78.9 Å². The molecule has 3 saturated carbocycles. The lowest BCUT2D eigenvalue weighted by atomic mass is 9.52. The summed E-state index contributed by atoms with van der Waals surface area (Å²) in [6.45, 7) is 4.58. The van der Waals surface area contributed by atoms with Crippen LogP contribution in [0.3, 0.4) is 0 Å². The quantitative estimate of drug-likeness (QED) is 0.513. The molecule has 0 aromatic heterocycles. The summed E-state index contributed by atoms with van der Waals surface area (Å²) in [5, 5.41) is 12.1. The molecule has 3 spiro atoms. The van der Waals surface area contributed by atoms with Crippen LogP contribution in [-0.2, 0) is 28.4 Å². The third kappa shape index (κ3) is 2.32. The molecule has 32 heavy (non-hydrogen) atoms. The molecule has 10 rings (SSSR count). The third-order valence-electron chi connectivity index (χ3n) is 10.5. The summed E-state index contributed by atoms with van der Waals surface area (Å²) in [6.07, 6.45) is 8.19. The van der Waals surface area contributed by atoms with E-state index >= 15 is 0 Å². The van der Waals surface area contributed by atoms with Crippen LogP contribution in [0.5, 0.6) is 0 Å². The lowest BCUT2D eigenvalue weighted by Crippen LogP contribution is -2.64. The van der Waals surface area contributed by atoms with E-state index < -0.39 is 11.4 Å². The Hall–Kier alpha value is -0.540. The standard InChI is InChI=1S/C25H36O7/c1-21-6-4-18-16-3-7-22-15-25(19(28-9-11-30-25)13-24(18,22)32-22)31-12-10-29-20(14-27-2)23(21,26)8-5-17(16)21/h4,16-17,19-20,26H,3,5-15H2,1-2H3/t16-,17+,19?,20?,21-,22?,23+,24-,25?/m0/s1. The fraction of sp³-hybridized carbons (Fsp3) is 0.920. The van der Waals surface area contributed by atoms with E-state index in [2.05, 4.69) is 13.0 Å². The molecule has 9 atom stereocenters. The smallest absolute Gasteiger partial charge is 0.197 e. The molecule has 4 unspecified atom stereocenters. The molecule has 8 bridgehead atoms. The molecule has 1 N–H and O–H groups in total. The zero-order valence-electron chi connectivity index (χ0n) is 19.3. The Morgan fingerprint density at radius 1 is 1.09 bits per heavy atom. The van der Waals surface area contributed by atoms with Crippen molar-refractivity contribution in [3.63, 3.8) is 0 Å². The van der Waals surface area contributed by atoms with Crippen molar-refractivity contribution >= 4 is 0 Å². The Morgan fingerprint density at radius 2 is 1.91 bits per heavy atom. The lowest BCUT2D eigenvalue weighted by molar-refractivity contribution is -0.343. The lowest BCUT2D eigenvalue weighted by Gasteiger charge is -2.55. The number of hydrogen-bond donors (Lipinski definition) is 1. The van der Waals surface area contributed by atoms with Crippen LogP contribution in [0.15, 0.2) is 11.6 Å². The number of fused-ring (bicyclic) bond motifs is 1. The minimum absolute atomic E-state index is 0.127. The van der Waals surface area contributed by atoms with E-state index in [9.17, 15) is 5.11 Å². The molecule has 0 amide bonds. The summed E-state index contributed by atoms with van der Waals surface area (Å²) in [5.74, 6) is 0.110. The molecule has 4 saturated heterocycles. The van der Waals surface area contributed by atoms with Crippen LogP contribution in [0.4, 0.5) is 0 Å². The minimum atomic E-state index is -0.916. The molecular weight excluding hydrogens is 412 g/mol. The Balaban J connectivity index is 1.35. The molecule has 0 aromatic rings. The molecule has 4 aliphatic carbocycles. The molecule has 7 heteroatoms. The number of allylic oxidation sites excluding steroid dienone is 1. The predicted octanol–water partition coefficient (Wildman–Crippen LogP) is 2.35. The maximum Gasteiger partial charge on any atom is 0.197 e. The predicted molar refractivity (Wildman–Crippen MR) is 113 cm³/mol. The van der Waals surface area contributed by atoms with Crippen molar-refractivity contribution in [2.24, 2.45) is 17.3 Å². The fourth-order valence-corrected chi connectivity index (χ4v) is 8.93. The first-order valence-corrected chi connectivity index (χ1v) is 12.6. The second-order valence-corrected chi connectivity index (χ2v) is 11.5. The summed E-state index contributed by atoms with van der Waals surface area (Å²) in [7, 11) is 1.68. The summed E-state index contributed by atoms with van der Waals surface area (Å²) in [4.78, 5) is 0. The second kappa shape index (κ2) is 6.56. The Bertz CT molecular complexity index is 846. The molecule has 0 aromatic carbocycles. The fourth-order valence-electron chi connectivity index (χ4n) is 8.93. The van der Waals surface area contributed by atoms with Crippen LogP contribution < -0.4 is 0 Å². The molecule has 6 aliphatic heterocycles. The first-order chi connectivity index (χ1) is 15.4. The Labute approximate surface area is 189 Å². The van der Waals surface area contributed by atoms with Crippen molar-refractivity contribution in [2.45, 2.75) is 86.7 Å². The highest BCUT2D eigenvalue weighted by Gasteiger charge is 2.82. The van der Waals surface area contributed by atoms with Gasteiger partial charge < -0.3 is 33.5 Å². The van der Waals surface area contributed by atoms with Gasteiger partial charge in [-0.05, 0) is 49.5 Å². The highest BCUT2D eigenvalue weighted by Crippen LogP contribution is 2.74. The second-order valence-electron chi connectivity index (χ2n) is 11.5. The van der Waals surface area contributed by atoms with Crippen molar-refractivity contribution in [1.82, 2.24) is 0 Å². The van der Waals surface area contributed by atoms with Crippen LogP contribution in [0.2, 0.25) is 0 Å². The van der Waals surface area contributed by atoms with E-state index in [0.717, 1.165) is 44.9 Å². The van der Waals surface area contributed by atoms with E-state index in [4.69, 9.17) is 28.4 Å². The Morgan fingerprint density at radius 3 is 2.72 bits per heavy atom. The van der Waals surface area contributed by atoms with Gasteiger partial charge in [0.1, 0.15) is 23.4 Å². The van der Waals surface area contributed by atoms with Gasteiger partial charge in [0.15, 0.2) is 5.79 Å². The highest BCUT2D eigenvalue weighted by atomic mass is 16.7. The first-order valence-electron chi connectivity index (χ1n) is 12.6. The molecular formula is C25H36O7. The van der Waals surface area contributed by atoms with E-state index in [1.165, 1.54) is 5.57 Å². The maximum absolute atomic E-state index is 12.1. The van der Waals surface area contributed by atoms with Crippen LogP contribution in [0, 0.1) is 17.3 Å². The third-order valence-corrected chi connectivity index (χ3v) is 10.5. The number of ether oxygens (including phenoxy) is 6. The van der Waals surface area contributed by atoms with E-state index in [1.54, 1.807) is 7.11 Å². The van der Waals surface area contributed by atoms with E-state index in [0.29, 0.717) is 44.9 Å². The summed E-state index contributed by atoms with van der Waals surface area (Å²) in [5.41, 5.74) is -0.106. The molecule has 7 fully saturated rings. The van der Waals surface area contributed by atoms with Gasteiger partial charge in [0.2, 0.25) is 0 Å². The molecule has 10 aliphatic rings. The van der Waals surface area contributed by atoms with Crippen LogP contribution >= 0.6 is 0 Å². The number of hydrogen-bond acceptors (Lipinski definition) is 7. The average Bonchev–Trinajstić information content (AvgIpc) is 3.37. The van der Waals surface area contributed by atoms with Gasteiger partial charge in [-0.15, -0.1) is 0 Å². The van der Waals surface area contributed by atoms with Crippen LogP contribution in [0.1, 0.15) is 51.9 Å². The monoisotopic (exact) mass is 448 g/mol. The van der Waals surface area contributed by atoms with E-state index in [-0.39, 0.29) is 28.8 Å². The van der Waals surface area contributed by atoms with Crippen molar-refractivity contribution in [1.29, 1.82) is 0 Å². The zero-order chi connectivity index (χ0) is 21.8. The number of aliphatic hydroxyl groups is 1. The van der Waals surface area contributed by atoms with Gasteiger partial charge in [0.05, 0.1) is 38.6 Å². The number of rotatable bonds is 2. The van der Waals surface area contributed by atoms with Crippen molar-refractivity contribution in [3.8, 4) is 0 Å². The van der Waals surface area contributed by atoms with Gasteiger partial charge in [0, 0.05) is 25.4 Å². The van der Waals surface area contributed by atoms with Gasteiger partial charge in [-0.25, -0.2) is 0 Å². The van der Waals surface area contributed by atoms with Gasteiger partial charge in [0.25, 0.3) is 0 Å². The first kappa shape index (κ1) is 20.8. The van der Waals surface area contributed by atoms with Gasteiger partial charge >= 0.3 is 0 Å². The van der Waals surface area contributed by atoms with Gasteiger partial charge in [-0.1, -0.05) is 13.0 Å². The van der Waals surface area contributed by atoms with Crippen molar-refractivity contribution in [3.05, 3.63) is 11.6 Å². The molecule has 7 nitrogen and oxygen atoms in total. The largest absolute Gasteiger partial charge is 0.386 e. The minimum Gasteiger partial charge on any atom is -0.386 e. The highest BCUT2D eigenvalue weighted by molar-refractivity contribution is 5.44. The molecule has 0 radical (unpaired) electrons. The molecule has 178 valence electrons. The summed E-state index contributed by atoms with van der Waals surface area (Å²) >= 11 is 0. The summed E-state index contributed by atoms with van der Waals surface area (Å²) < 4.78 is 37.7. The van der Waals surface area contributed by atoms with Crippen LogP contribution in [0.25, 0.3) is 0 Å². The zero-order valence-corrected chi connectivity index (χ0v) is 19.3. The normalized spacial score (nSPS) is 58.2. The Kier molecular flexibility index (Phi) is 4.27. The van der Waals surface area contributed by atoms with Gasteiger partial charge in [-0.3, -0.25) is 0 Å². The van der Waals surface area contributed by atoms with Crippen molar-refractivity contribution < 1.29 is 33.5 Å². The maximum atomic E-state index is 12.1. The summed E-state index contributed by atoms with van der Waals surface area (Å²) in [6, 6.07) is 0. The van der Waals surface area contributed by atoms with Crippen LogP contribution in [-0.4, -0.2) is 80.0 Å². The van der Waals surface area contributed by atoms with Crippen molar-refractivity contribution in [2.75, 3.05) is 40.1 Å². The molecule has 6 heterocycles. The number of methoxy groups -OCH3 is 1. The SMILES string of the molecule is COCC1OCCOC23CC45CC[C@@H]6C(=CC[C@@]7(C)[C@@H]6CC[C@@]17O)[C@]4(CC2OCCO3)O5. The average molecular weight is 449 g/mol. The van der Waals surface area contributed by atoms with Gasteiger partial charge in [-0.2, -0.15) is 0 Å². The number of epoxide rings is 1. The van der Waals surface area contributed by atoms with E-state index in [1.807, 2.05) is 0 Å².